The van der Waals surface area contributed by atoms with E-state index in [9.17, 15) is 4.79 Å². The molecule has 0 saturated heterocycles. The predicted octanol–water partition coefficient (Wildman–Crippen LogP) is 1.89. The van der Waals surface area contributed by atoms with E-state index in [1.807, 2.05) is 0 Å². The Labute approximate surface area is 100 Å². The van der Waals surface area contributed by atoms with Gasteiger partial charge in [0.05, 0.1) is 11.8 Å². The largest absolute Gasteiger partial charge is 0.305 e. The van der Waals surface area contributed by atoms with Crippen LogP contribution in [-0.2, 0) is 0 Å². The number of anilines is 1. The summed E-state index contributed by atoms with van der Waals surface area (Å²) in [7, 11) is 0. The van der Waals surface area contributed by atoms with Gasteiger partial charge in [-0.3, -0.25) is 9.78 Å². The Kier molecular flexibility index (Phi) is 3.21. The Balaban J connectivity index is 2.19. The van der Waals surface area contributed by atoms with E-state index in [0.717, 1.165) is 0 Å². The zero-order valence-electron chi connectivity index (χ0n) is 8.09. The number of nitrogens with one attached hydrogen (secondary N) is 1. The van der Waals surface area contributed by atoms with E-state index in [4.69, 9.17) is 0 Å². The molecule has 0 aliphatic rings. The number of nitrogens with zero attached hydrogens (tertiary/aromatic N) is 3. The molecule has 0 saturated carbocycles. The lowest BCUT2D eigenvalue weighted by molar-refractivity contribution is 0.102. The third kappa shape index (κ3) is 2.40. The number of amides is 1. The number of carbonyl (C=O) groups is 1. The summed E-state index contributed by atoms with van der Waals surface area (Å²) in [4.78, 5) is 23.5. The van der Waals surface area contributed by atoms with E-state index >= 15 is 0 Å². The molecule has 1 amide bonds. The lowest BCUT2D eigenvalue weighted by Crippen LogP contribution is -2.14. The molecule has 0 bridgehead atoms. The highest BCUT2D eigenvalue weighted by molar-refractivity contribution is 9.10. The summed E-state index contributed by atoms with van der Waals surface area (Å²) in [6.45, 7) is 0. The monoisotopic (exact) mass is 278 g/mol. The van der Waals surface area contributed by atoms with Crippen LogP contribution in [0, 0.1) is 0 Å². The van der Waals surface area contributed by atoms with Crippen molar-refractivity contribution in [1.82, 2.24) is 15.0 Å². The van der Waals surface area contributed by atoms with Crippen molar-refractivity contribution in [1.29, 1.82) is 0 Å². The Morgan fingerprint density at radius 1 is 1.25 bits per heavy atom. The first-order chi connectivity index (χ1) is 7.77. The first-order valence-corrected chi connectivity index (χ1v) is 5.24. The van der Waals surface area contributed by atoms with E-state index in [2.05, 4.69) is 36.2 Å². The van der Waals surface area contributed by atoms with Crippen molar-refractivity contribution in [3.05, 3.63) is 47.1 Å². The molecule has 6 heteroatoms. The first kappa shape index (κ1) is 10.7. The lowest BCUT2D eigenvalue weighted by atomic mass is 10.3. The van der Waals surface area contributed by atoms with Crippen molar-refractivity contribution in [2.45, 2.75) is 0 Å². The second-order valence-corrected chi connectivity index (χ2v) is 3.64. The molecule has 16 heavy (non-hydrogen) atoms. The number of carbonyl (C=O) groups excluding carboxylic acids is 1. The molecule has 0 spiro atoms. The zero-order valence-corrected chi connectivity index (χ0v) is 9.68. The fourth-order valence-corrected chi connectivity index (χ4v) is 1.53. The molecule has 0 fully saturated rings. The fraction of sp³-hybridized carbons (Fsp3) is 0. The molecule has 0 unspecified atom stereocenters. The second kappa shape index (κ2) is 4.80. The number of hydrogen-bond acceptors (Lipinski definition) is 4. The molecule has 0 radical (unpaired) electrons. The summed E-state index contributed by atoms with van der Waals surface area (Å²) in [5.74, 6) is 0.128. The number of aromatic nitrogens is 3. The summed E-state index contributed by atoms with van der Waals surface area (Å²) >= 11 is 3.20. The highest BCUT2D eigenvalue weighted by Crippen LogP contribution is 2.13. The van der Waals surface area contributed by atoms with Gasteiger partial charge >= 0.3 is 0 Å². The van der Waals surface area contributed by atoms with Crippen LogP contribution in [0.25, 0.3) is 0 Å². The van der Waals surface area contributed by atoms with Gasteiger partial charge in [0.15, 0.2) is 5.82 Å². The summed E-state index contributed by atoms with van der Waals surface area (Å²) in [5.41, 5.74) is 0.452. The molecular weight excluding hydrogens is 272 g/mol. The van der Waals surface area contributed by atoms with Gasteiger partial charge in [0.1, 0.15) is 4.60 Å². The molecular formula is C10H7BrN4O. The molecule has 80 valence electrons. The number of halogens is 1. The van der Waals surface area contributed by atoms with Crippen molar-refractivity contribution >= 4 is 27.7 Å². The van der Waals surface area contributed by atoms with Gasteiger partial charge in [0.2, 0.25) is 0 Å². The third-order valence-electron chi connectivity index (χ3n) is 1.81. The summed E-state index contributed by atoms with van der Waals surface area (Å²) in [5, 5.41) is 2.62. The minimum absolute atomic E-state index is 0.277. The maximum absolute atomic E-state index is 11.8. The minimum Gasteiger partial charge on any atom is -0.305 e. The average Bonchev–Trinajstić information content (AvgIpc) is 2.31. The Morgan fingerprint density at radius 3 is 2.81 bits per heavy atom. The predicted molar refractivity (Wildman–Crippen MR) is 61.9 cm³/mol. The Morgan fingerprint density at radius 2 is 2.12 bits per heavy atom. The van der Waals surface area contributed by atoms with E-state index in [0.29, 0.717) is 16.0 Å². The van der Waals surface area contributed by atoms with Gasteiger partial charge < -0.3 is 5.32 Å². The van der Waals surface area contributed by atoms with Gasteiger partial charge in [-0.05, 0) is 28.1 Å². The molecule has 0 aliphatic carbocycles. The second-order valence-electron chi connectivity index (χ2n) is 2.89. The maximum Gasteiger partial charge on any atom is 0.259 e. The van der Waals surface area contributed by atoms with E-state index in [1.165, 1.54) is 18.6 Å². The standard InChI is InChI=1S/C10H7BrN4O/c11-9-7(2-1-3-14-9)10(16)15-8-6-12-4-5-13-8/h1-6H,(H,13,15,16). The Bertz CT molecular complexity index is 503. The van der Waals surface area contributed by atoms with Crippen LogP contribution in [0.4, 0.5) is 5.82 Å². The summed E-state index contributed by atoms with van der Waals surface area (Å²) in [6, 6.07) is 3.36. The molecule has 0 atom stereocenters. The zero-order chi connectivity index (χ0) is 11.4. The van der Waals surface area contributed by atoms with Crippen LogP contribution in [0.5, 0.6) is 0 Å². The molecule has 2 aromatic rings. The van der Waals surface area contributed by atoms with Gasteiger partial charge in [-0.25, -0.2) is 9.97 Å². The van der Waals surface area contributed by atoms with Gasteiger partial charge in [-0.2, -0.15) is 0 Å². The molecule has 2 rings (SSSR count). The highest BCUT2D eigenvalue weighted by Gasteiger charge is 2.10. The quantitative estimate of drug-likeness (QED) is 0.852. The van der Waals surface area contributed by atoms with Crippen LogP contribution in [0.3, 0.4) is 0 Å². The molecule has 0 aromatic carbocycles. The van der Waals surface area contributed by atoms with Crippen LogP contribution < -0.4 is 5.32 Å². The van der Waals surface area contributed by atoms with Gasteiger partial charge in [-0.1, -0.05) is 0 Å². The van der Waals surface area contributed by atoms with Gasteiger partial charge in [0, 0.05) is 18.6 Å². The van der Waals surface area contributed by atoms with E-state index in [1.54, 1.807) is 18.3 Å². The molecule has 0 aliphatic heterocycles. The molecule has 2 aromatic heterocycles. The normalized spacial score (nSPS) is 9.81. The number of pyridine rings is 1. The molecule has 1 N–H and O–H groups in total. The smallest absolute Gasteiger partial charge is 0.259 e. The van der Waals surface area contributed by atoms with Crippen LogP contribution in [0.2, 0.25) is 0 Å². The maximum atomic E-state index is 11.8. The SMILES string of the molecule is O=C(Nc1cnccn1)c1cccnc1Br. The number of rotatable bonds is 2. The topological polar surface area (TPSA) is 67.8 Å². The van der Waals surface area contributed by atoms with E-state index < -0.39 is 0 Å². The highest BCUT2D eigenvalue weighted by atomic mass is 79.9. The fourth-order valence-electron chi connectivity index (χ4n) is 1.10. The summed E-state index contributed by atoms with van der Waals surface area (Å²) < 4.78 is 0.497. The minimum atomic E-state index is -0.277. The van der Waals surface area contributed by atoms with Crippen molar-refractivity contribution in [3.63, 3.8) is 0 Å². The third-order valence-corrected chi connectivity index (χ3v) is 2.44. The van der Waals surface area contributed by atoms with Crippen molar-refractivity contribution in [3.8, 4) is 0 Å². The Hall–Kier alpha value is -1.82. The van der Waals surface area contributed by atoms with Crippen molar-refractivity contribution < 1.29 is 4.79 Å². The van der Waals surface area contributed by atoms with Crippen molar-refractivity contribution in [2.75, 3.05) is 5.32 Å². The van der Waals surface area contributed by atoms with Crippen LogP contribution in [-0.4, -0.2) is 20.9 Å². The van der Waals surface area contributed by atoms with Crippen molar-refractivity contribution in [2.24, 2.45) is 0 Å². The van der Waals surface area contributed by atoms with Gasteiger partial charge in [-0.15, -0.1) is 0 Å². The van der Waals surface area contributed by atoms with E-state index in [-0.39, 0.29) is 5.91 Å². The van der Waals surface area contributed by atoms with Crippen LogP contribution in [0.15, 0.2) is 41.5 Å². The number of hydrogen-bond donors (Lipinski definition) is 1. The summed E-state index contributed by atoms with van der Waals surface area (Å²) in [6.07, 6.45) is 6.12. The first-order valence-electron chi connectivity index (χ1n) is 4.45. The lowest BCUT2D eigenvalue weighted by Gasteiger charge is -2.04. The van der Waals surface area contributed by atoms with Crippen LogP contribution in [0.1, 0.15) is 10.4 Å². The molecule has 2 heterocycles. The average molecular weight is 279 g/mol. The van der Waals surface area contributed by atoms with Gasteiger partial charge in [0.25, 0.3) is 5.91 Å². The molecule has 5 nitrogen and oxygen atoms in total. The van der Waals surface area contributed by atoms with Crippen LogP contribution >= 0.6 is 15.9 Å².